The highest BCUT2D eigenvalue weighted by molar-refractivity contribution is 6.31. The average molecular weight is 565 g/mol. The molecule has 2 saturated heterocycles. The smallest absolute Gasteiger partial charge is 0.255 e. The van der Waals surface area contributed by atoms with Gasteiger partial charge in [-0.1, -0.05) is 42.5 Å². The first-order valence-corrected chi connectivity index (χ1v) is 15.2. The molecule has 3 heterocycles. The van der Waals surface area contributed by atoms with E-state index in [1.807, 2.05) is 60.4 Å². The predicted octanol–water partition coefficient (Wildman–Crippen LogP) is 4.99. The Balaban J connectivity index is 1.25. The van der Waals surface area contributed by atoms with Gasteiger partial charge in [0.05, 0.1) is 12.0 Å². The van der Waals surface area contributed by atoms with E-state index in [2.05, 4.69) is 9.88 Å². The average Bonchev–Trinajstić information content (AvgIpc) is 3.73. The third kappa shape index (κ3) is 5.45. The van der Waals surface area contributed by atoms with Gasteiger partial charge in [0.25, 0.3) is 5.91 Å². The van der Waals surface area contributed by atoms with Crippen LogP contribution in [0, 0.1) is 6.92 Å². The van der Waals surface area contributed by atoms with E-state index in [-0.39, 0.29) is 17.6 Å². The Hall–Kier alpha value is -3.97. The van der Waals surface area contributed by atoms with E-state index in [9.17, 15) is 14.4 Å². The van der Waals surface area contributed by atoms with Crippen LogP contribution in [0.4, 0.5) is 0 Å². The minimum absolute atomic E-state index is 0.0461. The van der Waals surface area contributed by atoms with Crippen LogP contribution in [0.2, 0.25) is 0 Å². The van der Waals surface area contributed by atoms with Crippen molar-refractivity contribution in [2.45, 2.75) is 51.5 Å². The maximum Gasteiger partial charge on any atom is 0.255 e. The number of aromatic amines is 1. The number of likely N-dealkylation sites (N-methyl/N-ethyl adjacent to an activating group) is 1. The molecule has 0 unspecified atom stereocenters. The maximum atomic E-state index is 13.5. The quantitative estimate of drug-likeness (QED) is 0.428. The summed E-state index contributed by atoms with van der Waals surface area (Å²) in [5, 5.41) is 0. The number of ketones is 1. The molecule has 2 fully saturated rings. The topological polar surface area (TPSA) is 76.7 Å². The third-order valence-electron chi connectivity index (χ3n) is 9.27. The second-order valence-electron chi connectivity index (χ2n) is 12.2. The van der Waals surface area contributed by atoms with Crippen molar-refractivity contribution in [3.63, 3.8) is 0 Å². The Kier molecular flexibility index (Phi) is 7.86. The molecule has 3 aromatic rings. The van der Waals surface area contributed by atoms with Gasteiger partial charge in [0.2, 0.25) is 5.91 Å². The molecule has 2 amide bonds. The number of benzene rings is 2. The number of allylic oxidation sites excluding steroid dienone is 1. The monoisotopic (exact) mass is 564 g/mol. The lowest BCUT2D eigenvalue weighted by atomic mass is 9.92. The molecule has 0 saturated carbocycles. The molecule has 3 aliphatic rings. The normalized spacial score (nSPS) is 18.6. The molecule has 0 bridgehead atoms. The molecule has 0 radical (unpaired) electrons. The number of nitrogens with zero attached hydrogens (tertiary/aromatic N) is 3. The van der Waals surface area contributed by atoms with E-state index in [1.54, 1.807) is 25.2 Å². The first kappa shape index (κ1) is 28.2. The fourth-order valence-electron chi connectivity index (χ4n) is 6.79. The zero-order chi connectivity index (χ0) is 29.4. The minimum atomic E-state index is 0.0461. The van der Waals surface area contributed by atoms with Crippen LogP contribution in [0.15, 0.2) is 48.7 Å². The van der Waals surface area contributed by atoms with Crippen molar-refractivity contribution in [3.8, 4) is 11.1 Å². The fraction of sp³-hybridized carbons (Fsp3) is 0.400. The van der Waals surface area contributed by atoms with Gasteiger partial charge in [-0.3, -0.25) is 14.4 Å². The standard InChI is InChI=1S/C35H40N4O3/c1-23-30(35(42)39-16-12-27(13-17-39)38-14-4-5-15-38)22-36-31(23)21-29-32(40)20-26-10-7-11-28(34(26)29)25-9-6-8-24(18-25)19-33(41)37(2)3/h6-11,18,21-22,27,36H,4-5,12-17,19-20H2,1-3H3. The van der Waals surface area contributed by atoms with Crippen molar-refractivity contribution < 1.29 is 14.4 Å². The molecule has 7 heteroatoms. The summed E-state index contributed by atoms with van der Waals surface area (Å²) in [5.41, 5.74) is 7.83. The molecule has 7 nitrogen and oxygen atoms in total. The number of aromatic nitrogens is 1. The van der Waals surface area contributed by atoms with Crippen molar-refractivity contribution in [1.82, 2.24) is 19.7 Å². The van der Waals surface area contributed by atoms with Crippen molar-refractivity contribution in [1.29, 1.82) is 0 Å². The number of H-pyrrole nitrogens is 1. The van der Waals surface area contributed by atoms with Gasteiger partial charge in [0.15, 0.2) is 5.78 Å². The van der Waals surface area contributed by atoms with Crippen LogP contribution in [-0.2, 0) is 22.4 Å². The van der Waals surface area contributed by atoms with Gasteiger partial charge in [-0.2, -0.15) is 0 Å². The Morgan fingerprint density at radius 1 is 1.02 bits per heavy atom. The zero-order valence-electron chi connectivity index (χ0n) is 24.9. The van der Waals surface area contributed by atoms with Crippen LogP contribution in [0.25, 0.3) is 22.8 Å². The summed E-state index contributed by atoms with van der Waals surface area (Å²) >= 11 is 0. The Labute approximate surface area is 248 Å². The van der Waals surface area contributed by atoms with Gasteiger partial charge in [-0.25, -0.2) is 0 Å². The lowest BCUT2D eigenvalue weighted by molar-refractivity contribution is -0.128. The number of rotatable bonds is 6. The van der Waals surface area contributed by atoms with Crippen LogP contribution in [0.3, 0.4) is 0 Å². The van der Waals surface area contributed by atoms with Gasteiger partial charge in [0, 0.05) is 57.1 Å². The molecule has 2 aliphatic heterocycles. The second-order valence-corrected chi connectivity index (χ2v) is 12.2. The number of fused-ring (bicyclic) bond motifs is 1. The largest absolute Gasteiger partial charge is 0.361 e. The number of hydrogen-bond donors (Lipinski definition) is 1. The number of hydrogen-bond acceptors (Lipinski definition) is 4. The highest BCUT2D eigenvalue weighted by Crippen LogP contribution is 2.39. The number of Topliss-reactive ketones (excluding diaryl/α,β-unsaturated/α-hetero) is 1. The number of carbonyl (C=O) groups is 3. The maximum absolute atomic E-state index is 13.5. The third-order valence-corrected chi connectivity index (χ3v) is 9.27. The van der Waals surface area contributed by atoms with Gasteiger partial charge < -0.3 is 19.7 Å². The number of carbonyl (C=O) groups excluding carboxylic acids is 3. The molecule has 218 valence electrons. The highest BCUT2D eigenvalue weighted by Gasteiger charge is 2.31. The van der Waals surface area contributed by atoms with Crippen LogP contribution < -0.4 is 0 Å². The van der Waals surface area contributed by atoms with Crippen LogP contribution in [-0.4, -0.2) is 83.6 Å². The van der Waals surface area contributed by atoms with Gasteiger partial charge in [-0.05, 0) is 85.2 Å². The SMILES string of the molecule is Cc1c(C(=O)N2CCC(N3CCCC3)CC2)c[nH]c1C=C1C(=O)Cc2cccc(-c3cccc(CC(=O)N(C)C)c3)c21. The summed E-state index contributed by atoms with van der Waals surface area (Å²) in [7, 11) is 3.52. The Morgan fingerprint density at radius 2 is 1.76 bits per heavy atom. The molecule has 1 aliphatic carbocycles. The number of nitrogens with one attached hydrogen (secondary N) is 1. The van der Waals surface area contributed by atoms with E-state index in [4.69, 9.17) is 0 Å². The number of piperidine rings is 1. The summed E-state index contributed by atoms with van der Waals surface area (Å²) in [6.07, 6.45) is 9.04. The summed E-state index contributed by atoms with van der Waals surface area (Å²) in [6, 6.07) is 14.6. The summed E-state index contributed by atoms with van der Waals surface area (Å²) in [5.74, 6) is 0.184. The van der Waals surface area contributed by atoms with E-state index >= 15 is 0 Å². The van der Waals surface area contributed by atoms with Crippen LogP contribution in [0.1, 0.15) is 64.0 Å². The fourth-order valence-corrected chi connectivity index (χ4v) is 6.79. The molecule has 2 aromatic carbocycles. The first-order chi connectivity index (χ1) is 20.3. The predicted molar refractivity (Wildman–Crippen MR) is 166 cm³/mol. The lowest BCUT2D eigenvalue weighted by Gasteiger charge is -2.36. The number of amides is 2. The molecule has 0 spiro atoms. The Bertz CT molecular complexity index is 1550. The molecule has 42 heavy (non-hydrogen) atoms. The van der Waals surface area contributed by atoms with Gasteiger partial charge in [0.1, 0.15) is 0 Å². The van der Waals surface area contributed by atoms with E-state index in [0.717, 1.165) is 65.0 Å². The number of likely N-dealkylation sites (tertiary alicyclic amines) is 2. The molecule has 1 aromatic heterocycles. The zero-order valence-corrected chi connectivity index (χ0v) is 24.9. The molecule has 0 atom stereocenters. The second kappa shape index (κ2) is 11.7. The lowest BCUT2D eigenvalue weighted by Crippen LogP contribution is -2.45. The van der Waals surface area contributed by atoms with Crippen molar-refractivity contribution in [2.24, 2.45) is 0 Å². The van der Waals surface area contributed by atoms with Gasteiger partial charge in [-0.15, -0.1) is 0 Å². The summed E-state index contributed by atoms with van der Waals surface area (Å²) < 4.78 is 0. The van der Waals surface area contributed by atoms with Crippen molar-refractivity contribution >= 4 is 29.2 Å². The molecular formula is C35H40N4O3. The molecular weight excluding hydrogens is 524 g/mol. The van der Waals surface area contributed by atoms with E-state index in [0.29, 0.717) is 30.0 Å². The molecule has 6 rings (SSSR count). The highest BCUT2D eigenvalue weighted by atomic mass is 16.2. The Morgan fingerprint density at radius 3 is 2.50 bits per heavy atom. The van der Waals surface area contributed by atoms with Crippen molar-refractivity contribution in [3.05, 3.63) is 82.2 Å². The van der Waals surface area contributed by atoms with Crippen molar-refractivity contribution in [2.75, 3.05) is 40.3 Å². The van der Waals surface area contributed by atoms with E-state index in [1.165, 1.54) is 25.9 Å². The summed E-state index contributed by atoms with van der Waals surface area (Å²) in [6.45, 7) is 5.92. The minimum Gasteiger partial charge on any atom is -0.361 e. The first-order valence-electron chi connectivity index (χ1n) is 15.2. The van der Waals surface area contributed by atoms with Crippen LogP contribution >= 0.6 is 0 Å². The van der Waals surface area contributed by atoms with E-state index < -0.39 is 0 Å². The van der Waals surface area contributed by atoms with Crippen LogP contribution in [0.5, 0.6) is 0 Å². The van der Waals surface area contributed by atoms with Gasteiger partial charge >= 0.3 is 0 Å². The summed E-state index contributed by atoms with van der Waals surface area (Å²) in [4.78, 5) is 48.7. The molecule has 1 N–H and O–H groups in total.